The van der Waals surface area contributed by atoms with E-state index in [4.69, 9.17) is 11.6 Å². The molecule has 5 rings (SSSR count). The molecule has 0 radical (unpaired) electrons. The molecule has 7 heteroatoms. The lowest BCUT2D eigenvalue weighted by Gasteiger charge is -2.11. The van der Waals surface area contributed by atoms with Gasteiger partial charge in [0.05, 0.1) is 22.5 Å². The molecule has 2 aromatic heterocycles. The zero-order valence-electron chi connectivity index (χ0n) is 18.8. The normalized spacial score (nSPS) is 11.3. The number of fused-ring (bicyclic) bond motifs is 1. The van der Waals surface area contributed by atoms with Gasteiger partial charge in [-0.15, -0.1) is 0 Å². The second-order valence-electron chi connectivity index (χ2n) is 7.92. The monoisotopic (exact) mass is 496 g/mol. The van der Waals surface area contributed by atoms with Gasteiger partial charge in [0.15, 0.2) is 0 Å². The lowest BCUT2D eigenvalue weighted by molar-refractivity contribution is 0.102. The minimum absolute atomic E-state index is 0.167. The number of aryl methyl sites for hydroxylation is 1. The molecule has 0 aliphatic rings. The van der Waals surface area contributed by atoms with Crippen molar-refractivity contribution in [3.63, 3.8) is 0 Å². The number of halogens is 1. The zero-order valence-corrected chi connectivity index (χ0v) is 20.4. The number of carbonyl (C=O) groups excluding carboxylic acids is 1. The molecule has 2 heterocycles. The van der Waals surface area contributed by atoms with Crippen molar-refractivity contribution >= 4 is 58.0 Å². The summed E-state index contributed by atoms with van der Waals surface area (Å²) in [5, 5.41) is 12.2. The molecule has 2 N–H and O–H groups in total. The molecule has 0 atom stereocenters. The third-order valence-corrected chi connectivity index (χ3v) is 6.93. The van der Waals surface area contributed by atoms with Crippen molar-refractivity contribution < 1.29 is 4.79 Å². The number of aromatic amines is 1. The summed E-state index contributed by atoms with van der Waals surface area (Å²) in [5.74, 6) is -0.167. The third kappa shape index (κ3) is 5.29. The van der Waals surface area contributed by atoms with E-state index in [1.807, 2.05) is 85.8 Å². The van der Waals surface area contributed by atoms with Crippen molar-refractivity contribution in [1.82, 2.24) is 15.2 Å². The van der Waals surface area contributed by atoms with Crippen LogP contribution in [-0.2, 0) is 0 Å². The lowest BCUT2D eigenvalue weighted by Crippen LogP contribution is -2.13. The molecule has 0 bridgehead atoms. The van der Waals surface area contributed by atoms with Gasteiger partial charge in [-0.05, 0) is 85.3 Å². The van der Waals surface area contributed by atoms with E-state index in [-0.39, 0.29) is 5.91 Å². The number of aromatic nitrogens is 3. The molecule has 0 fully saturated rings. The maximum atomic E-state index is 13.0. The Balaban J connectivity index is 1.36. The summed E-state index contributed by atoms with van der Waals surface area (Å²) in [6.07, 6.45) is 5.65. The Labute approximate surface area is 212 Å². The summed E-state index contributed by atoms with van der Waals surface area (Å²) in [5.41, 5.74) is 4.87. The maximum Gasteiger partial charge on any atom is 0.256 e. The summed E-state index contributed by atoms with van der Waals surface area (Å²) >= 11 is 7.64. The van der Waals surface area contributed by atoms with Crippen LogP contribution in [0.5, 0.6) is 0 Å². The number of pyridine rings is 1. The predicted octanol–water partition coefficient (Wildman–Crippen LogP) is 7.49. The maximum absolute atomic E-state index is 13.0. The number of H-pyrrole nitrogens is 1. The first-order valence-electron chi connectivity index (χ1n) is 11.0. The topological polar surface area (TPSA) is 70.7 Å². The Bertz CT molecular complexity index is 1550. The minimum Gasteiger partial charge on any atom is -0.322 e. The van der Waals surface area contributed by atoms with Gasteiger partial charge in [-0.3, -0.25) is 14.9 Å². The van der Waals surface area contributed by atoms with E-state index in [9.17, 15) is 4.79 Å². The van der Waals surface area contributed by atoms with E-state index in [0.29, 0.717) is 16.3 Å². The first-order valence-corrected chi connectivity index (χ1v) is 12.2. The lowest BCUT2D eigenvalue weighted by atomic mass is 10.2. The van der Waals surface area contributed by atoms with Crippen molar-refractivity contribution in [3.8, 4) is 0 Å². The predicted molar refractivity (Wildman–Crippen MR) is 144 cm³/mol. The standard InChI is InChI=1S/C28H21ClN4OS/c1-18-16-20(9-13-24(18)29)31-28(34)23-7-2-3-8-27(23)35-21-11-12-22-25(32-33-26(22)17-21)14-10-19-6-4-5-15-30-19/h2-17H,1H3,(H,31,34)(H,32,33)/b14-10+. The van der Waals surface area contributed by atoms with Gasteiger partial charge in [-0.25, -0.2) is 0 Å². The fourth-order valence-electron chi connectivity index (χ4n) is 3.64. The number of rotatable bonds is 6. The highest BCUT2D eigenvalue weighted by Gasteiger charge is 2.14. The van der Waals surface area contributed by atoms with Gasteiger partial charge in [0, 0.05) is 32.1 Å². The molecule has 1 amide bonds. The number of hydrogen-bond acceptors (Lipinski definition) is 4. The molecule has 0 unspecified atom stereocenters. The van der Waals surface area contributed by atoms with Crippen LogP contribution in [0, 0.1) is 6.92 Å². The van der Waals surface area contributed by atoms with E-state index < -0.39 is 0 Å². The summed E-state index contributed by atoms with van der Waals surface area (Å²) in [4.78, 5) is 19.2. The van der Waals surface area contributed by atoms with Gasteiger partial charge >= 0.3 is 0 Å². The van der Waals surface area contributed by atoms with Gasteiger partial charge in [-0.1, -0.05) is 41.6 Å². The van der Waals surface area contributed by atoms with E-state index >= 15 is 0 Å². The van der Waals surface area contributed by atoms with Crippen LogP contribution in [0.1, 0.15) is 27.3 Å². The van der Waals surface area contributed by atoms with Crippen LogP contribution in [-0.4, -0.2) is 21.1 Å². The SMILES string of the molecule is Cc1cc(NC(=O)c2ccccc2Sc2ccc3c(/C=C/c4ccccn4)n[nH]c3c2)ccc1Cl. The fraction of sp³-hybridized carbons (Fsp3) is 0.0357. The van der Waals surface area contributed by atoms with Crippen molar-refractivity contribution in [2.45, 2.75) is 16.7 Å². The second-order valence-corrected chi connectivity index (χ2v) is 9.44. The smallest absolute Gasteiger partial charge is 0.256 e. The summed E-state index contributed by atoms with van der Waals surface area (Å²) < 4.78 is 0. The van der Waals surface area contributed by atoms with Crippen LogP contribution in [0.15, 0.2) is 94.9 Å². The zero-order chi connectivity index (χ0) is 24.2. The van der Waals surface area contributed by atoms with Crippen LogP contribution >= 0.6 is 23.4 Å². The number of anilines is 1. The molecule has 5 aromatic rings. The van der Waals surface area contributed by atoms with Crippen molar-refractivity contribution in [3.05, 3.63) is 113 Å². The highest BCUT2D eigenvalue weighted by molar-refractivity contribution is 7.99. The first kappa shape index (κ1) is 22.9. The van der Waals surface area contributed by atoms with Crippen LogP contribution in [0.3, 0.4) is 0 Å². The van der Waals surface area contributed by atoms with Crippen LogP contribution < -0.4 is 5.32 Å². The highest BCUT2D eigenvalue weighted by Crippen LogP contribution is 2.33. The number of carbonyl (C=O) groups is 1. The Kier molecular flexibility index (Phi) is 6.66. The molecule has 3 aromatic carbocycles. The molecule has 0 aliphatic carbocycles. The van der Waals surface area contributed by atoms with Crippen molar-refractivity contribution in [2.24, 2.45) is 0 Å². The number of amides is 1. The quantitative estimate of drug-likeness (QED) is 0.255. The molecule has 0 saturated carbocycles. The fourth-order valence-corrected chi connectivity index (χ4v) is 4.74. The van der Waals surface area contributed by atoms with Gasteiger partial charge in [0.25, 0.3) is 5.91 Å². The number of nitrogens with zero attached hydrogens (tertiary/aromatic N) is 2. The molecular weight excluding hydrogens is 476 g/mol. The number of hydrogen-bond donors (Lipinski definition) is 2. The largest absolute Gasteiger partial charge is 0.322 e. The average Bonchev–Trinajstić information content (AvgIpc) is 3.28. The average molecular weight is 497 g/mol. The molecule has 0 spiro atoms. The molecule has 5 nitrogen and oxygen atoms in total. The van der Waals surface area contributed by atoms with Crippen molar-refractivity contribution in [1.29, 1.82) is 0 Å². The minimum atomic E-state index is -0.167. The third-order valence-electron chi connectivity index (χ3n) is 5.44. The van der Waals surface area contributed by atoms with Gasteiger partial charge < -0.3 is 5.32 Å². The second kappa shape index (κ2) is 10.2. The Morgan fingerprint density at radius 3 is 2.69 bits per heavy atom. The molecule has 172 valence electrons. The molecular formula is C28H21ClN4OS. The van der Waals surface area contributed by atoms with Crippen LogP contribution in [0.4, 0.5) is 5.69 Å². The summed E-state index contributed by atoms with van der Waals surface area (Å²) in [6, 6.07) is 24.9. The molecule has 0 aliphatic heterocycles. The number of nitrogens with one attached hydrogen (secondary N) is 2. The Morgan fingerprint density at radius 2 is 1.86 bits per heavy atom. The van der Waals surface area contributed by atoms with Crippen LogP contribution in [0.25, 0.3) is 23.1 Å². The number of benzene rings is 3. The molecule has 35 heavy (non-hydrogen) atoms. The van der Waals surface area contributed by atoms with Gasteiger partial charge in [-0.2, -0.15) is 5.10 Å². The first-order chi connectivity index (χ1) is 17.1. The van der Waals surface area contributed by atoms with E-state index in [1.165, 1.54) is 11.8 Å². The van der Waals surface area contributed by atoms with E-state index in [2.05, 4.69) is 20.5 Å². The molecule has 0 saturated heterocycles. The summed E-state index contributed by atoms with van der Waals surface area (Å²) in [7, 11) is 0. The van der Waals surface area contributed by atoms with Gasteiger partial charge in [0.1, 0.15) is 0 Å². The van der Waals surface area contributed by atoms with E-state index in [1.54, 1.807) is 18.3 Å². The van der Waals surface area contributed by atoms with E-state index in [0.717, 1.165) is 37.6 Å². The Hall–Kier alpha value is -3.87. The highest BCUT2D eigenvalue weighted by atomic mass is 35.5. The summed E-state index contributed by atoms with van der Waals surface area (Å²) in [6.45, 7) is 1.91. The Morgan fingerprint density at radius 1 is 1.00 bits per heavy atom. The van der Waals surface area contributed by atoms with Crippen LogP contribution in [0.2, 0.25) is 5.02 Å². The van der Waals surface area contributed by atoms with Crippen molar-refractivity contribution in [2.75, 3.05) is 5.32 Å². The van der Waals surface area contributed by atoms with Gasteiger partial charge in [0.2, 0.25) is 0 Å².